The lowest BCUT2D eigenvalue weighted by atomic mass is 9.79. The molecule has 2 aromatic rings. The Labute approximate surface area is 315 Å². The van der Waals surface area contributed by atoms with E-state index >= 15 is 0 Å². The van der Waals surface area contributed by atoms with Crippen molar-refractivity contribution in [3.63, 3.8) is 0 Å². The number of anilines is 2. The van der Waals surface area contributed by atoms with E-state index in [1.807, 2.05) is 24.3 Å². The quantitative estimate of drug-likeness (QED) is 0.0955. The van der Waals surface area contributed by atoms with Crippen LogP contribution < -0.4 is 9.80 Å². The van der Waals surface area contributed by atoms with Crippen LogP contribution in [0.5, 0.6) is 0 Å². The fourth-order valence-corrected chi connectivity index (χ4v) is 7.59. The third kappa shape index (κ3) is 7.97. The summed E-state index contributed by atoms with van der Waals surface area (Å²) in [5, 5.41) is 0. The van der Waals surface area contributed by atoms with Gasteiger partial charge in [0.1, 0.15) is 24.4 Å². The molecule has 54 heavy (non-hydrogen) atoms. The first kappa shape index (κ1) is 39.9. The molecule has 1 saturated heterocycles. The van der Waals surface area contributed by atoms with Gasteiger partial charge in [-0.2, -0.15) is 0 Å². The van der Waals surface area contributed by atoms with E-state index in [-0.39, 0.29) is 35.2 Å². The summed E-state index contributed by atoms with van der Waals surface area (Å²) >= 11 is 0. The van der Waals surface area contributed by atoms with E-state index in [0.29, 0.717) is 19.6 Å². The zero-order valence-corrected chi connectivity index (χ0v) is 31.8. The van der Waals surface area contributed by atoms with Gasteiger partial charge in [-0.25, -0.2) is 9.59 Å². The van der Waals surface area contributed by atoms with Crippen molar-refractivity contribution in [3.05, 3.63) is 94.4 Å². The predicted molar refractivity (Wildman–Crippen MR) is 198 cm³/mol. The number of rotatable bonds is 7. The zero-order chi connectivity index (χ0) is 39.2. The Hall–Kier alpha value is -5.27. The number of para-hydroxylation sites is 2. The van der Waals surface area contributed by atoms with E-state index in [0.717, 1.165) is 42.8 Å². The van der Waals surface area contributed by atoms with Crippen LogP contribution in [-0.2, 0) is 63.2 Å². The number of ether oxygens (including phenoxy) is 6. The van der Waals surface area contributed by atoms with Crippen molar-refractivity contribution in [1.29, 1.82) is 0 Å². The maximum atomic E-state index is 12.1. The number of carbonyl (C=O) groups is 5. The van der Waals surface area contributed by atoms with E-state index < -0.39 is 23.9 Å². The first-order valence-corrected chi connectivity index (χ1v) is 17.8. The number of esters is 4. The van der Waals surface area contributed by atoms with E-state index in [1.165, 1.54) is 43.8 Å². The molecule has 5 aliphatic rings. The smallest absolute Gasteiger partial charge is 0.346 e. The van der Waals surface area contributed by atoms with E-state index in [2.05, 4.69) is 71.2 Å². The Morgan fingerprint density at radius 1 is 0.852 bits per heavy atom. The lowest BCUT2D eigenvalue weighted by Crippen LogP contribution is -2.41. The molecular weight excluding hydrogens is 696 g/mol. The molecular formula is C41H48N2O11. The molecule has 5 aliphatic heterocycles. The molecule has 13 nitrogen and oxygen atoms in total. The molecule has 288 valence electrons. The average molecular weight is 745 g/mol. The van der Waals surface area contributed by atoms with Gasteiger partial charge in [0.05, 0.1) is 34.5 Å². The lowest BCUT2D eigenvalue weighted by Gasteiger charge is -2.38. The average Bonchev–Trinajstić information content (AvgIpc) is 3.83. The summed E-state index contributed by atoms with van der Waals surface area (Å²) in [5.74, 6) is -2.42. The van der Waals surface area contributed by atoms with Crippen molar-refractivity contribution >= 4 is 41.5 Å². The summed E-state index contributed by atoms with van der Waals surface area (Å²) in [6, 6.07) is 16.7. The van der Waals surface area contributed by atoms with Crippen molar-refractivity contribution in [1.82, 2.24) is 0 Å². The molecule has 0 bridgehead atoms. The monoisotopic (exact) mass is 744 g/mol. The Kier molecular flexibility index (Phi) is 12.4. The van der Waals surface area contributed by atoms with Gasteiger partial charge < -0.3 is 38.2 Å². The molecule has 1 atom stereocenters. The lowest BCUT2D eigenvalue weighted by molar-refractivity contribution is -0.152. The van der Waals surface area contributed by atoms with Gasteiger partial charge >= 0.3 is 23.9 Å². The van der Waals surface area contributed by atoms with Gasteiger partial charge in [0.25, 0.3) is 0 Å². The van der Waals surface area contributed by atoms with Crippen LogP contribution in [0.3, 0.4) is 0 Å². The number of fused-ring (bicyclic) bond motifs is 5. The highest BCUT2D eigenvalue weighted by Gasteiger charge is 2.47. The highest BCUT2D eigenvalue weighted by molar-refractivity contribution is 6.15. The molecule has 1 fully saturated rings. The summed E-state index contributed by atoms with van der Waals surface area (Å²) in [6.45, 7) is 11.6. The second-order valence-electron chi connectivity index (χ2n) is 14.1. The minimum absolute atomic E-state index is 0.0372. The van der Waals surface area contributed by atoms with Crippen LogP contribution in [0.2, 0.25) is 0 Å². The third-order valence-corrected chi connectivity index (χ3v) is 10.2. The fourth-order valence-electron chi connectivity index (χ4n) is 7.59. The van der Waals surface area contributed by atoms with Gasteiger partial charge in [-0.15, -0.1) is 0 Å². The number of allylic oxidation sites excluding steroid dienone is 3. The van der Waals surface area contributed by atoms with Gasteiger partial charge in [-0.1, -0.05) is 64.1 Å². The Morgan fingerprint density at radius 2 is 1.44 bits per heavy atom. The van der Waals surface area contributed by atoms with E-state index in [9.17, 15) is 24.0 Å². The molecule has 0 aliphatic carbocycles. The van der Waals surface area contributed by atoms with Crippen molar-refractivity contribution in [3.8, 4) is 0 Å². The fraction of sp³-hybridized carbons (Fsp3) is 0.439. The Balaban J connectivity index is 0.000000172. The summed E-state index contributed by atoms with van der Waals surface area (Å²) < 4.78 is 29.6. The molecule has 2 aromatic carbocycles. The highest BCUT2D eigenvalue weighted by Crippen LogP contribution is 2.52. The van der Waals surface area contributed by atoms with Crippen LogP contribution in [0.4, 0.5) is 11.4 Å². The molecule has 0 saturated carbocycles. The first-order chi connectivity index (χ1) is 25.8. The maximum Gasteiger partial charge on any atom is 0.346 e. The molecule has 0 spiro atoms. The Bertz CT molecular complexity index is 1860. The first-order valence-electron chi connectivity index (χ1n) is 17.8. The molecule has 0 N–H and O–H groups in total. The van der Waals surface area contributed by atoms with Gasteiger partial charge in [0, 0.05) is 65.1 Å². The van der Waals surface area contributed by atoms with E-state index in [4.69, 9.17) is 18.9 Å². The van der Waals surface area contributed by atoms with Crippen molar-refractivity contribution in [2.45, 2.75) is 70.2 Å². The molecule has 13 heteroatoms. The maximum absolute atomic E-state index is 12.1. The molecule has 0 aromatic heterocycles. The van der Waals surface area contributed by atoms with Crippen LogP contribution >= 0.6 is 0 Å². The van der Waals surface area contributed by atoms with Gasteiger partial charge in [0.2, 0.25) is 0 Å². The normalized spacial score (nSPS) is 20.8. The van der Waals surface area contributed by atoms with Crippen molar-refractivity contribution in [2.75, 3.05) is 57.4 Å². The highest BCUT2D eigenvalue weighted by atomic mass is 16.7. The second-order valence-corrected chi connectivity index (χ2v) is 14.1. The SMILES string of the molecule is CC1(C)/C(=C\C=O)N(CCC2OCCO2)c2ccccc21.COC(=O)C1=CC2=C3N(CCC2OC1=O)c1ccccc1C3(C)C.COC(=O)CC(=O)OC. The molecule has 5 heterocycles. The van der Waals surface area contributed by atoms with E-state index in [1.54, 1.807) is 12.2 Å². The van der Waals surface area contributed by atoms with Crippen LogP contribution in [0.25, 0.3) is 0 Å². The standard InChI is InChI=1S/C19H19NO4.C17H21NO3.C5H8O4/c1-19(2)13-6-4-5-7-14(13)20-9-8-15-11(16(19)20)10-12(17(21)23-3)18(22)24-15;1-17(2)13-5-3-4-6-14(13)18(15(17)8-10-19)9-7-16-20-11-12-21-16;1-8-4(6)3-5(7)9-2/h4-7,10,15H,8-9H2,1-3H3;3-6,8,10,16H,7,9,11-12H2,1-2H3;3H2,1-2H3/b;15-8+;. The number of nitrogens with zero attached hydrogens (tertiary/aromatic N) is 2. The Morgan fingerprint density at radius 3 is 2.04 bits per heavy atom. The minimum atomic E-state index is -0.656. The second kappa shape index (κ2) is 16.8. The molecule has 0 radical (unpaired) electrons. The van der Waals surface area contributed by atoms with Crippen LogP contribution in [0.1, 0.15) is 58.1 Å². The molecule has 7 rings (SSSR count). The van der Waals surface area contributed by atoms with Crippen LogP contribution in [-0.4, -0.2) is 90.2 Å². The van der Waals surface area contributed by atoms with Crippen LogP contribution in [0.15, 0.2) is 83.2 Å². The van der Waals surface area contributed by atoms with Gasteiger partial charge in [0.15, 0.2) is 6.29 Å². The number of hydrogen-bond acceptors (Lipinski definition) is 13. The number of hydrogen-bond donors (Lipinski definition) is 0. The number of benzene rings is 2. The summed E-state index contributed by atoms with van der Waals surface area (Å²) in [6.07, 6.45) is 4.98. The largest absolute Gasteiger partial charge is 0.469 e. The topological polar surface area (TPSA) is 147 Å². The predicted octanol–water partition coefficient (Wildman–Crippen LogP) is 4.82. The number of methoxy groups -OCH3 is 3. The van der Waals surface area contributed by atoms with Crippen molar-refractivity contribution < 1.29 is 52.4 Å². The summed E-state index contributed by atoms with van der Waals surface area (Å²) in [4.78, 5) is 60.1. The summed E-state index contributed by atoms with van der Waals surface area (Å²) in [5.41, 5.74) is 7.50. The summed E-state index contributed by atoms with van der Waals surface area (Å²) in [7, 11) is 3.69. The number of aldehydes is 1. The van der Waals surface area contributed by atoms with Crippen LogP contribution in [0, 0.1) is 0 Å². The third-order valence-electron chi connectivity index (χ3n) is 10.2. The minimum Gasteiger partial charge on any atom is -0.469 e. The molecule has 0 amide bonds. The van der Waals surface area contributed by atoms with Gasteiger partial charge in [-0.05, 0) is 35.4 Å². The zero-order valence-electron chi connectivity index (χ0n) is 31.8. The molecule has 1 unspecified atom stereocenters. The van der Waals surface area contributed by atoms with Crippen molar-refractivity contribution in [2.24, 2.45) is 0 Å². The number of carbonyl (C=O) groups excluding carboxylic acids is 5. The van der Waals surface area contributed by atoms with Gasteiger partial charge in [-0.3, -0.25) is 14.4 Å².